The zero-order valence-corrected chi connectivity index (χ0v) is 17.7. The first-order chi connectivity index (χ1) is 13.4. The summed E-state index contributed by atoms with van der Waals surface area (Å²) in [7, 11) is 0. The Morgan fingerprint density at radius 1 is 1.11 bits per heavy atom. The molecule has 0 fully saturated rings. The number of rotatable bonds is 5. The molecule has 1 aromatic heterocycles. The van der Waals surface area contributed by atoms with Crippen LogP contribution in [0.25, 0.3) is 17.3 Å². The van der Waals surface area contributed by atoms with Crippen molar-refractivity contribution in [2.75, 3.05) is 5.32 Å². The van der Waals surface area contributed by atoms with Crippen molar-refractivity contribution >= 4 is 40.4 Å². The molecule has 0 atom stereocenters. The summed E-state index contributed by atoms with van der Waals surface area (Å²) in [6.45, 7) is 3.90. The Morgan fingerprint density at radius 2 is 1.79 bits per heavy atom. The largest absolute Gasteiger partial charge is 0.309 e. The lowest BCUT2D eigenvalue weighted by Gasteiger charge is -2.10. The van der Waals surface area contributed by atoms with E-state index in [1.807, 2.05) is 44.2 Å². The third-order valence-electron chi connectivity index (χ3n) is 3.90. The molecule has 4 nitrogen and oxygen atoms in total. The molecule has 0 aliphatic rings. The number of nitrogens with one attached hydrogen (secondary N) is 1. The van der Waals surface area contributed by atoms with E-state index in [9.17, 15) is 9.18 Å². The average molecular weight is 487 g/mol. The summed E-state index contributed by atoms with van der Waals surface area (Å²) < 4.78 is 14.3. The van der Waals surface area contributed by atoms with E-state index in [1.165, 1.54) is 12.1 Å². The summed E-state index contributed by atoms with van der Waals surface area (Å²) in [5.74, 6) is -0.0586. The number of amides is 1. The molecule has 0 unspecified atom stereocenters. The van der Waals surface area contributed by atoms with E-state index in [-0.39, 0.29) is 18.1 Å². The van der Waals surface area contributed by atoms with Gasteiger partial charge in [0.2, 0.25) is 5.91 Å². The first-order valence-electron chi connectivity index (χ1n) is 8.73. The molecule has 6 heteroatoms. The Hall–Kier alpha value is -2.61. The molecular weight excluding hydrogens is 468 g/mol. The molecule has 0 aliphatic carbocycles. The molecule has 1 heterocycles. The first kappa shape index (κ1) is 20.1. The zero-order valence-electron chi connectivity index (χ0n) is 15.5. The van der Waals surface area contributed by atoms with Crippen LogP contribution < -0.4 is 5.32 Å². The number of aromatic nitrogens is 2. The average Bonchev–Trinajstić information content (AvgIpc) is 2.65. The van der Waals surface area contributed by atoms with Crippen LogP contribution in [-0.4, -0.2) is 15.9 Å². The van der Waals surface area contributed by atoms with E-state index >= 15 is 0 Å². The van der Waals surface area contributed by atoms with Gasteiger partial charge in [0.1, 0.15) is 11.5 Å². The number of hydrogen-bond donors (Lipinski definition) is 1. The summed E-state index contributed by atoms with van der Waals surface area (Å²) in [6, 6.07) is 13.9. The first-order valence-corrected chi connectivity index (χ1v) is 9.81. The molecule has 0 saturated heterocycles. The van der Waals surface area contributed by atoms with E-state index in [0.29, 0.717) is 17.2 Å². The Labute approximate surface area is 177 Å². The molecule has 0 spiro atoms. The van der Waals surface area contributed by atoms with Crippen LogP contribution in [-0.2, 0) is 11.2 Å². The van der Waals surface area contributed by atoms with Crippen molar-refractivity contribution in [1.82, 2.24) is 9.97 Å². The number of carbonyl (C=O) groups excluding carboxylic acids is 1. The maximum atomic E-state index is 13.2. The fourth-order valence-electron chi connectivity index (χ4n) is 2.60. The molecule has 0 aliphatic heterocycles. The summed E-state index contributed by atoms with van der Waals surface area (Å²) in [5.41, 5.74) is 3.89. The van der Waals surface area contributed by atoms with Crippen molar-refractivity contribution in [2.24, 2.45) is 0 Å². The van der Waals surface area contributed by atoms with Gasteiger partial charge in [-0.05, 0) is 84.5 Å². The fourth-order valence-corrected chi connectivity index (χ4v) is 2.96. The topological polar surface area (TPSA) is 54.9 Å². The number of halogens is 2. The van der Waals surface area contributed by atoms with Gasteiger partial charge in [-0.2, -0.15) is 0 Å². The summed E-state index contributed by atoms with van der Waals surface area (Å²) in [6.07, 6.45) is 3.70. The van der Waals surface area contributed by atoms with Crippen molar-refractivity contribution in [1.29, 1.82) is 0 Å². The maximum absolute atomic E-state index is 13.2. The predicted molar refractivity (Wildman–Crippen MR) is 118 cm³/mol. The van der Waals surface area contributed by atoms with Crippen LogP contribution in [0.5, 0.6) is 0 Å². The zero-order chi connectivity index (χ0) is 20.1. The van der Waals surface area contributed by atoms with Gasteiger partial charge in [0, 0.05) is 9.13 Å². The van der Waals surface area contributed by atoms with Crippen LogP contribution in [0.1, 0.15) is 25.1 Å². The second kappa shape index (κ2) is 9.05. The van der Waals surface area contributed by atoms with E-state index in [4.69, 9.17) is 0 Å². The van der Waals surface area contributed by atoms with Crippen LogP contribution in [0.15, 0.2) is 60.3 Å². The highest BCUT2D eigenvalue weighted by molar-refractivity contribution is 14.1. The van der Waals surface area contributed by atoms with Gasteiger partial charge in [-0.25, -0.2) is 14.4 Å². The van der Waals surface area contributed by atoms with Crippen LogP contribution in [0.2, 0.25) is 0 Å². The quantitative estimate of drug-likeness (QED) is 0.485. The molecule has 3 rings (SSSR count). The van der Waals surface area contributed by atoms with Gasteiger partial charge in [0.15, 0.2) is 5.82 Å². The van der Waals surface area contributed by atoms with Crippen LogP contribution in [0.3, 0.4) is 0 Å². The van der Waals surface area contributed by atoms with Gasteiger partial charge in [0.25, 0.3) is 0 Å². The minimum Gasteiger partial charge on any atom is -0.309 e. The van der Waals surface area contributed by atoms with Gasteiger partial charge < -0.3 is 5.32 Å². The third kappa shape index (κ3) is 5.45. The highest BCUT2D eigenvalue weighted by Gasteiger charge is 2.11. The monoisotopic (exact) mass is 487 g/mol. The van der Waals surface area contributed by atoms with Crippen molar-refractivity contribution in [3.63, 3.8) is 0 Å². The summed E-state index contributed by atoms with van der Waals surface area (Å²) in [4.78, 5) is 21.5. The summed E-state index contributed by atoms with van der Waals surface area (Å²) in [5, 5.41) is 2.85. The van der Waals surface area contributed by atoms with Crippen LogP contribution >= 0.6 is 22.6 Å². The number of allylic oxidation sites excluding steroid dienone is 1. The van der Waals surface area contributed by atoms with Crippen LogP contribution in [0.4, 0.5) is 10.2 Å². The molecule has 142 valence electrons. The molecule has 3 aromatic rings. The standard InChI is InChI=1S/C22H19FIN3O/c1-14(2)11-19-22(27-21(28)12-15-3-9-18(24)10-4-15)25-13-20(26-19)16-5-7-17(23)8-6-16/h3-11,13H,12H2,1-2H3,(H,25,27,28). The van der Waals surface area contributed by atoms with Crippen molar-refractivity contribution in [2.45, 2.75) is 20.3 Å². The third-order valence-corrected chi connectivity index (χ3v) is 4.62. The predicted octanol–water partition coefficient (Wildman–Crippen LogP) is 5.49. The molecule has 28 heavy (non-hydrogen) atoms. The molecular formula is C22H19FIN3O. The van der Waals surface area contributed by atoms with E-state index < -0.39 is 0 Å². The molecule has 1 N–H and O–H groups in total. The lowest BCUT2D eigenvalue weighted by molar-refractivity contribution is -0.115. The smallest absolute Gasteiger partial charge is 0.230 e. The van der Waals surface area contributed by atoms with Gasteiger partial charge in [-0.15, -0.1) is 0 Å². The number of benzene rings is 2. The Kier molecular flexibility index (Phi) is 6.51. The number of anilines is 1. The highest BCUT2D eigenvalue weighted by Crippen LogP contribution is 2.22. The normalized spacial score (nSPS) is 10.4. The fraction of sp³-hybridized carbons (Fsp3) is 0.136. The Balaban J connectivity index is 1.85. The number of carbonyl (C=O) groups is 1. The minimum atomic E-state index is -0.305. The Morgan fingerprint density at radius 3 is 2.43 bits per heavy atom. The molecule has 0 radical (unpaired) electrons. The van der Waals surface area contributed by atoms with Crippen molar-refractivity contribution in [3.05, 3.63) is 80.9 Å². The minimum absolute atomic E-state index is 0.159. The molecule has 0 saturated carbocycles. The Bertz CT molecular complexity index is 1010. The number of hydrogen-bond acceptors (Lipinski definition) is 3. The lowest BCUT2D eigenvalue weighted by atomic mass is 10.1. The van der Waals surface area contributed by atoms with Crippen molar-refractivity contribution < 1.29 is 9.18 Å². The van der Waals surface area contributed by atoms with Gasteiger partial charge in [-0.3, -0.25) is 4.79 Å². The lowest BCUT2D eigenvalue weighted by Crippen LogP contribution is -2.16. The second-order valence-corrected chi connectivity index (χ2v) is 7.81. The SMILES string of the molecule is CC(C)=Cc1nc(-c2ccc(F)cc2)cnc1NC(=O)Cc1ccc(I)cc1. The second-order valence-electron chi connectivity index (χ2n) is 6.57. The van der Waals surface area contributed by atoms with Crippen LogP contribution in [0, 0.1) is 9.39 Å². The number of nitrogens with zero attached hydrogens (tertiary/aromatic N) is 2. The van der Waals surface area contributed by atoms with Gasteiger partial charge in [0.05, 0.1) is 18.3 Å². The van der Waals surface area contributed by atoms with Gasteiger partial charge >= 0.3 is 0 Å². The van der Waals surface area contributed by atoms with Gasteiger partial charge in [-0.1, -0.05) is 17.7 Å². The maximum Gasteiger partial charge on any atom is 0.230 e. The summed E-state index contributed by atoms with van der Waals surface area (Å²) >= 11 is 2.23. The molecule has 2 aromatic carbocycles. The van der Waals surface area contributed by atoms with Crippen molar-refractivity contribution in [3.8, 4) is 11.3 Å². The van der Waals surface area contributed by atoms with E-state index in [1.54, 1.807) is 18.3 Å². The highest BCUT2D eigenvalue weighted by atomic mass is 127. The molecule has 1 amide bonds. The van der Waals surface area contributed by atoms with E-state index in [0.717, 1.165) is 20.3 Å². The van der Waals surface area contributed by atoms with E-state index in [2.05, 4.69) is 37.9 Å². The molecule has 0 bridgehead atoms.